The zero-order valence-electron chi connectivity index (χ0n) is 11.5. The normalized spacial score (nSPS) is 11.8. The average molecular weight is 321 g/mol. The topological polar surface area (TPSA) is 116 Å². The second-order valence-electron chi connectivity index (χ2n) is 4.26. The number of amidine groups is 1. The highest BCUT2D eigenvalue weighted by atomic mass is 19.4. The van der Waals surface area contributed by atoms with Crippen LogP contribution in [0, 0.1) is 16.7 Å². The molecule has 0 radical (unpaired) electrons. The molecule has 0 saturated heterocycles. The number of alkyl halides is 3. The maximum atomic E-state index is 12.6. The van der Waals surface area contributed by atoms with Gasteiger partial charge in [0.2, 0.25) is 5.71 Å². The number of benzene rings is 1. The number of anilines is 1. The Bertz CT molecular complexity index is 798. The van der Waals surface area contributed by atoms with Gasteiger partial charge in [0.1, 0.15) is 6.07 Å². The second kappa shape index (κ2) is 6.18. The van der Waals surface area contributed by atoms with Crippen LogP contribution < -0.4 is 11.2 Å². The maximum Gasteiger partial charge on any atom is 0.435 e. The van der Waals surface area contributed by atoms with E-state index in [0.717, 1.165) is 16.9 Å². The van der Waals surface area contributed by atoms with Crippen LogP contribution in [-0.4, -0.2) is 21.3 Å². The highest BCUT2D eigenvalue weighted by molar-refractivity contribution is 6.45. The highest BCUT2D eigenvalue weighted by Crippen LogP contribution is 2.28. The third-order valence-electron chi connectivity index (χ3n) is 2.68. The minimum Gasteiger partial charge on any atom is -0.382 e. The molecule has 1 heterocycles. The van der Waals surface area contributed by atoms with E-state index in [-0.39, 0.29) is 11.4 Å². The summed E-state index contributed by atoms with van der Waals surface area (Å²) in [5.74, 6) is -0.532. The molecule has 2 aromatic rings. The van der Waals surface area contributed by atoms with Crippen LogP contribution in [0.4, 0.5) is 18.9 Å². The first-order valence-corrected chi connectivity index (χ1v) is 6.13. The number of nitriles is 1. The van der Waals surface area contributed by atoms with Gasteiger partial charge >= 0.3 is 6.18 Å². The van der Waals surface area contributed by atoms with Crippen molar-refractivity contribution in [1.82, 2.24) is 9.78 Å². The number of halogens is 3. The Hall–Kier alpha value is -3.35. The van der Waals surface area contributed by atoms with E-state index in [1.54, 1.807) is 18.2 Å². The van der Waals surface area contributed by atoms with Crippen LogP contribution in [0.25, 0.3) is 5.69 Å². The Morgan fingerprint density at radius 1 is 1.35 bits per heavy atom. The van der Waals surface area contributed by atoms with Crippen molar-refractivity contribution in [3.05, 3.63) is 42.2 Å². The van der Waals surface area contributed by atoms with Gasteiger partial charge in [0, 0.05) is 6.20 Å². The van der Waals surface area contributed by atoms with Crippen LogP contribution in [0.5, 0.6) is 0 Å². The fraction of sp³-hybridized carbons (Fsp3) is 0.0769. The molecule has 23 heavy (non-hydrogen) atoms. The molecule has 4 N–H and O–H groups in total. The molecule has 1 aromatic carbocycles. The molecule has 0 fully saturated rings. The van der Waals surface area contributed by atoms with Gasteiger partial charge in [0.15, 0.2) is 11.5 Å². The van der Waals surface area contributed by atoms with Crippen LogP contribution in [0.2, 0.25) is 0 Å². The van der Waals surface area contributed by atoms with Crippen molar-refractivity contribution in [2.24, 2.45) is 10.8 Å². The van der Waals surface area contributed by atoms with Crippen molar-refractivity contribution in [2.45, 2.75) is 6.18 Å². The molecule has 118 valence electrons. The summed E-state index contributed by atoms with van der Waals surface area (Å²) in [6.07, 6.45) is -3.39. The number of para-hydroxylation sites is 2. The Morgan fingerprint density at radius 3 is 2.61 bits per heavy atom. The van der Waals surface area contributed by atoms with Gasteiger partial charge in [0.05, 0.1) is 11.4 Å². The molecule has 0 bridgehead atoms. The fourth-order valence-electron chi connectivity index (χ4n) is 1.64. The van der Waals surface area contributed by atoms with Gasteiger partial charge in [-0.25, -0.2) is 4.68 Å². The lowest BCUT2D eigenvalue weighted by Crippen LogP contribution is -2.22. The summed E-state index contributed by atoms with van der Waals surface area (Å²) in [5, 5.41) is 23.0. The van der Waals surface area contributed by atoms with Gasteiger partial charge in [-0.1, -0.05) is 12.1 Å². The molecule has 7 nitrogen and oxygen atoms in total. The van der Waals surface area contributed by atoms with Crippen LogP contribution in [0.1, 0.15) is 5.69 Å². The first-order chi connectivity index (χ1) is 10.8. The lowest BCUT2D eigenvalue weighted by molar-refractivity contribution is -0.141. The molecule has 1 aromatic heterocycles. The number of nitrogens with two attached hydrogens (primary N) is 1. The van der Waals surface area contributed by atoms with Gasteiger partial charge in [0.25, 0.3) is 0 Å². The lowest BCUT2D eigenvalue weighted by Gasteiger charge is -2.09. The third kappa shape index (κ3) is 3.65. The van der Waals surface area contributed by atoms with E-state index < -0.39 is 17.7 Å². The smallest absolute Gasteiger partial charge is 0.382 e. The molecule has 2 rings (SSSR count). The number of nitrogens with one attached hydrogen (secondary N) is 2. The monoisotopic (exact) mass is 321 g/mol. The Kier molecular flexibility index (Phi) is 4.31. The van der Waals surface area contributed by atoms with Crippen LogP contribution >= 0.6 is 0 Å². The zero-order valence-corrected chi connectivity index (χ0v) is 11.5. The Morgan fingerprint density at radius 2 is 2.04 bits per heavy atom. The van der Waals surface area contributed by atoms with Crippen molar-refractivity contribution in [3.63, 3.8) is 0 Å². The SMILES string of the molecule is N#C/C(=N\Nc1ccccc1-n1ccc(C(F)(F)F)n1)C(=N)N. The van der Waals surface area contributed by atoms with Crippen molar-refractivity contribution in [1.29, 1.82) is 10.7 Å². The summed E-state index contributed by atoms with van der Waals surface area (Å²) in [5.41, 5.74) is 6.85. The molecule has 0 amide bonds. The highest BCUT2D eigenvalue weighted by Gasteiger charge is 2.33. The van der Waals surface area contributed by atoms with Crippen LogP contribution in [0.15, 0.2) is 41.6 Å². The Balaban J connectivity index is 2.37. The number of nitrogens with zero attached hydrogens (tertiary/aromatic N) is 4. The molecule has 10 heteroatoms. The van der Waals surface area contributed by atoms with Crippen molar-refractivity contribution < 1.29 is 13.2 Å². The summed E-state index contributed by atoms with van der Waals surface area (Å²) < 4.78 is 38.9. The van der Waals surface area contributed by atoms with E-state index in [1.807, 2.05) is 0 Å². The minimum atomic E-state index is -4.55. The van der Waals surface area contributed by atoms with Gasteiger partial charge in [-0.05, 0) is 18.2 Å². The van der Waals surface area contributed by atoms with Crippen molar-refractivity contribution >= 4 is 17.2 Å². The number of hydrogen-bond donors (Lipinski definition) is 3. The summed E-state index contributed by atoms with van der Waals surface area (Å²) in [6.45, 7) is 0. The quantitative estimate of drug-likeness (QED) is 0.454. The van der Waals surface area contributed by atoms with Gasteiger partial charge in [-0.2, -0.15) is 28.6 Å². The predicted octanol–water partition coefficient (Wildman–Crippen LogP) is 2.12. The van der Waals surface area contributed by atoms with Gasteiger partial charge in [-0.3, -0.25) is 10.8 Å². The molecule has 0 unspecified atom stereocenters. The van der Waals surface area contributed by atoms with Crippen LogP contribution in [-0.2, 0) is 6.18 Å². The van der Waals surface area contributed by atoms with Gasteiger partial charge in [-0.15, -0.1) is 0 Å². The van der Waals surface area contributed by atoms with E-state index in [9.17, 15) is 13.2 Å². The van der Waals surface area contributed by atoms with E-state index in [0.29, 0.717) is 5.69 Å². The molecular formula is C13H10F3N7. The van der Waals surface area contributed by atoms with Crippen molar-refractivity contribution in [2.75, 3.05) is 5.43 Å². The number of rotatable bonds is 4. The number of aromatic nitrogens is 2. The summed E-state index contributed by atoms with van der Waals surface area (Å²) in [4.78, 5) is 0. The molecule has 0 spiro atoms. The first-order valence-electron chi connectivity index (χ1n) is 6.13. The van der Waals surface area contributed by atoms with E-state index in [4.69, 9.17) is 16.4 Å². The molecular weight excluding hydrogens is 311 g/mol. The average Bonchev–Trinajstić information content (AvgIpc) is 2.98. The van der Waals surface area contributed by atoms with E-state index in [1.165, 1.54) is 12.1 Å². The predicted molar refractivity (Wildman–Crippen MR) is 77.2 cm³/mol. The zero-order chi connectivity index (χ0) is 17.0. The fourth-order valence-corrected chi connectivity index (χ4v) is 1.64. The van der Waals surface area contributed by atoms with Crippen LogP contribution in [0.3, 0.4) is 0 Å². The number of hydrazone groups is 1. The minimum absolute atomic E-state index is 0.285. The first kappa shape index (κ1) is 16.0. The largest absolute Gasteiger partial charge is 0.435 e. The van der Waals surface area contributed by atoms with Crippen molar-refractivity contribution in [3.8, 4) is 11.8 Å². The molecule has 0 aliphatic rings. The summed E-state index contributed by atoms with van der Waals surface area (Å²) in [7, 11) is 0. The second-order valence-corrected chi connectivity index (χ2v) is 4.26. The maximum absolute atomic E-state index is 12.6. The Labute approximate surface area is 128 Å². The molecule has 0 aliphatic heterocycles. The van der Waals surface area contributed by atoms with E-state index >= 15 is 0 Å². The molecule has 0 saturated carbocycles. The third-order valence-corrected chi connectivity index (χ3v) is 2.68. The standard InChI is InChI=1S/C13H10F3N7/c14-13(15,16)11-5-6-23(22-11)10-4-2-1-3-8(10)20-21-9(7-17)12(18)19/h1-6,20H,(H3,18,19)/b21-9+. The lowest BCUT2D eigenvalue weighted by atomic mass is 10.3. The summed E-state index contributed by atoms with van der Waals surface area (Å²) >= 11 is 0. The van der Waals surface area contributed by atoms with E-state index in [2.05, 4.69) is 15.6 Å². The number of hydrogen-bond acceptors (Lipinski definition) is 5. The molecule has 0 aliphatic carbocycles. The van der Waals surface area contributed by atoms with Gasteiger partial charge < -0.3 is 5.73 Å². The summed E-state index contributed by atoms with van der Waals surface area (Å²) in [6, 6.07) is 8.74. The molecule has 0 atom stereocenters.